The first kappa shape index (κ1) is 10.2. The minimum atomic E-state index is -0.0208. The molecule has 2 aliphatic rings. The second-order valence-corrected chi connectivity index (χ2v) is 4.40. The Morgan fingerprint density at radius 1 is 0.947 bits per heavy atom. The van der Waals surface area contributed by atoms with Crippen LogP contribution in [-0.4, -0.2) is 14.4 Å². The molecule has 2 heterocycles. The molecule has 1 aliphatic carbocycles. The quantitative estimate of drug-likeness (QED) is 0.448. The minimum absolute atomic E-state index is 0.0208. The van der Waals surface area contributed by atoms with Crippen LogP contribution in [0.5, 0.6) is 0 Å². The van der Waals surface area contributed by atoms with E-state index in [-0.39, 0.29) is 5.43 Å². The van der Waals surface area contributed by atoms with Gasteiger partial charge in [-0.05, 0) is 24.3 Å². The zero-order valence-electron chi connectivity index (χ0n) is 9.95. The molecular formula is C15H9N3O. The fourth-order valence-electron chi connectivity index (χ4n) is 2.39. The Labute approximate surface area is 108 Å². The molecule has 0 unspecified atom stereocenters. The van der Waals surface area contributed by atoms with Gasteiger partial charge in [-0.15, -0.1) is 0 Å². The number of fused-ring (bicyclic) bond motifs is 5. The van der Waals surface area contributed by atoms with Gasteiger partial charge in [0.05, 0.1) is 16.8 Å². The lowest BCUT2D eigenvalue weighted by atomic mass is 10.1. The van der Waals surface area contributed by atoms with Crippen LogP contribution in [0.1, 0.15) is 0 Å². The Morgan fingerprint density at radius 2 is 1.84 bits per heavy atom. The van der Waals surface area contributed by atoms with Gasteiger partial charge in [-0.3, -0.25) is 9.20 Å². The van der Waals surface area contributed by atoms with Crippen molar-refractivity contribution in [3.63, 3.8) is 0 Å². The Hall–Kier alpha value is -2.75. The zero-order valence-corrected chi connectivity index (χ0v) is 9.95. The van der Waals surface area contributed by atoms with E-state index in [9.17, 15) is 4.79 Å². The summed E-state index contributed by atoms with van der Waals surface area (Å²) in [4.78, 5) is 20.6. The molecule has 0 spiro atoms. The number of benzene rings is 2. The van der Waals surface area contributed by atoms with Gasteiger partial charge < -0.3 is 0 Å². The maximum absolute atomic E-state index is 11.8. The topological polar surface area (TPSA) is 47.3 Å². The molecule has 4 nitrogen and oxygen atoms in total. The number of nitrogens with zero attached hydrogens (tertiary/aromatic N) is 3. The summed E-state index contributed by atoms with van der Waals surface area (Å²) in [5, 5.41) is 0.975. The van der Waals surface area contributed by atoms with E-state index in [0.717, 1.165) is 22.2 Å². The summed E-state index contributed by atoms with van der Waals surface area (Å²) >= 11 is 0. The Balaban J connectivity index is 2.29. The molecule has 0 fully saturated rings. The lowest BCUT2D eigenvalue weighted by Crippen LogP contribution is -2.09. The second kappa shape index (κ2) is 3.62. The van der Waals surface area contributed by atoms with Crippen molar-refractivity contribution in [2.75, 3.05) is 0 Å². The van der Waals surface area contributed by atoms with E-state index in [1.165, 1.54) is 0 Å². The van der Waals surface area contributed by atoms with Gasteiger partial charge in [0.15, 0.2) is 5.43 Å². The summed E-state index contributed by atoms with van der Waals surface area (Å²) in [5.74, 6) is 0. The first-order valence-electron chi connectivity index (χ1n) is 5.98. The summed E-state index contributed by atoms with van der Waals surface area (Å²) in [5.41, 5.74) is 3.12. The third-order valence-corrected chi connectivity index (χ3v) is 3.30. The fourth-order valence-corrected chi connectivity index (χ4v) is 2.39. The minimum Gasteiger partial charge on any atom is -0.289 e. The van der Waals surface area contributed by atoms with Crippen LogP contribution in [0.3, 0.4) is 0 Å². The maximum Gasteiger partial charge on any atom is 0.189 e. The van der Waals surface area contributed by atoms with Crippen LogP contribution >= 0.6 is 0 Å². The highest BCUT2D eigenvalue weighted by Crippen LogP contribution is 2.22. The summed E-state index contributed by atoms with van der Waals surface area (Å²) in [6, 6.07) is 13.0. The SMILES string of the molecule is O=c1cccc2n3cnc4ccccc4c3ncc1-2. The van der Waals surface area contributed by atoms with Crippen molar-refractivity contribution >= 4 is 16.6 Å². The van der Waals surface area contributed by atoms with E-state index in [4.69, 9.17) is 0 Å². The van der Waals surface area contributed by atoms with Crippen molar-refractivity contribution < 1.29 is 0 Å². The number of para-hydroxylation sites is 1. The number of hydrogen-bond acceptors (Lipinski definition) is 3. The molecule has 0 saturated carbocycles. The van der Waals surface area contributed by atoms with Crippen molar-refractivity contribution in [3.05, 3.63) is 65.2 Å². The lowest BCUT2D eigenvalue weighted by Gasteiger charge is -2.11. The summed E-state index contributed by atoms with van der Waals surface area (Å²) in [7, 11) is 0. The molecule has 0 saturated heterocycles. The Kier molecular flexibility index (Phi) is 1.94. The van der Waals surface area contributed by atoms with Crippen LogP contribution in [0.25, 0.3) is 27.8 Å². The van der Waals surface area contributed by atoms with Crippen LogP contribution in [0.15, 0.2) is 59.8 Å². The summed E-state index contributed by atoms with van der Waals surface area (Å²) < 4.78 is 1.86. The summed E-state index contributed by atoms with van der Waals surface area (Å²) in [6.07, 6.45) is 3.35. The monoisotopic (exact) mass is 247 g/mol. The predicted octanol–water partition coefficient (Wildman–Crippen LogP) is 2.35. The van der Waals surface area contributed by atoms with E-state index >= 15 is 0 Å². The molecule has 90 valence electrons. The molecule has 1 aromatic carbocycles. The maximum atomic E-state index is 11.8. The van der Waals surface area contributed by atoms with Crippen molar-refractivity contribution in [1.29, 1.82) is 0 Å². The van der Waals surface area contributed by atoms with E-state index < -0.39 is 0 Å². The third kappa shape index (κ3) is 1.37. The van der Waals surface area contributed by atoms with Crippen LogP contribution in [0, 0.1) is 0 Å². The second-order valence-electron chi connectivity index (χ2n) is 4.40. The molecule has 19 heavy (non-hydrogen) atoms. The number of aromatic nitrogens is 3. The molecule has 0 atom stereocenters. The molecule has 0 N–H and O–H groups in total. The average molecular weight is 247 g/mol. The molecular weight excluding hydrogens is 238 g/mol. The molecule has 1 aromatic heterocycles. The predicted molar refractivity (Wildman–Crippen MR) is 73.4 cm³/mol. The third-order valence-electron chi connectivity index (χ3n) is 3.30. The van der Waals surface area contributed by atoms with Crippen LogP contribution in [0.2, 0.25) is 0 Å². The first-order chi connectivity index (χ1) is 9.34. The molecule has 0 bridgehead atoms. The van der Waals surface area contributed by atoms with Crippen LogP contribution in [0.4, 0.5) is 0 Å². The highest BCUT2D eigenvalue weighted by molar-refractivity contribution is 5.91. The van der Waals surface area contributed by atoms with Crippen molar-refractivity contribution in [3.8, 4) is 11.3 Å². The van der Waals surface area contributed by atoms with E-state index in [1.54, 1.807) is 24.7 Å². The highest BCUT2D eigenvalue weighted by Gasteiger charge is 2.11. The van der Waals surface area contributed by atoms with Crippen molar-refractivity contribution in [2.45, 2.75) is 0 Å². The largest absolute Gasteiger partial charge is 0.289 e. The molecule has 4 heteroatoms. The van der Waals surface area contributed by atoms with E-state index in [2.05, 4.69) is 9.97 Å². The van der Waals surface area contributed by atoms with Gasteiger partial charge in [0.2, 0.25) is 0 Å². The number of hydrogen-bond donors (Lipinski definition) is 0. The average Bonchev–Trinajstić information content (AvgIpc) is 2.47. The zero-order chi connectivity index (χ0) is 12.8. The van der Waals surface area contributed by atoms with E-state index in [0.29, 0.717) is 5.56 Å². The van der Waals surface area contributed by atoms with Gasteiger partial charge >= 0.3 is 0 Å². The molecule has 0 amide bonds. The van der Waals surface area contributed by atoms with Crippen molar-refractivity contribution in [2.24, 2.45) is 0 Å². The van der Waals surface area contributed by atoms with Gasteiger partial charge in [-0.25, -0.2) is 9.97 Å². The molecule has 1 aliphatic heterocycles. The highest BCUT2D eigenvalue weighted by atomic mass is 16.1. The van der Waals surface area contributed by atoms with E-state index in [1.807, 2.05) is 34.7 Å². The smallest absolute Gasteiger partial charge is 0.189 e. The standard InChI is InChI=1S/C15H9N3O/c19-14-7-3-6-13-11(14)8-16-15-10-4-1-2-5-12(10)17-9-18(13)15/h1-9H. The fraction of sp³-hybridized carbons (Fsp3) is 0. The lowest BCUT2D eigenvalue weighted by molar-refractivity contribution is 1.06. The van der Waals surface area contributed by atoms with Gasteiger partial charge in [-0.1, -0.05) is 18.2 Å². The Bertz CT molecular complexity index is 943. The normalized spacial score (nSPS) is 11.4. The molecule has 0 radical (unpaired) electrons. The van der Waals surface area contributed by atoms with Gasteiger partial charge in [-0.2, -0.15) is 0 Å². The van der Waals surface area contributed by atoms with Gasteiger partial charge in [0.25, 0.3) is 0 Å². The molecule has 2 aromatic rings. The van der Waals surface area contributed by atoms with Crippen LogP contribution in [-0.2, 0) is 0 Å². The van der Waals surface area contributed by atoms with Gasteiger partial charge in [0.1, 0.15) is 12.0 Å². The molecule has 4 rings (SSSR count). The van der Waals surface area contributed by atoms with Crippen LogP contribution < -0.4 is 5.43 Å². The number of rotatable bonds is 0. The van der Waals surface area contributed by atoms with Crippen molar-refractivity contribution in [1.82, 2.24) is 14.4 Å². The Morgan fingerprint density at radius 3 is 2.79 bits per heavy atom. The van der Waals surface area contributed by atoms with Gasteiger partial charge in [0, 0.05) is 11.6 Å². The first-order valence-corrected chi connectivity index (χ1v) is 5.98. The summed E-state index contributed by atoms with van der Waals surface area (Å²) in [6.45, 7) is 0.